The van der Waals surface area contributed by atoms with Gasteiger partial charge in [0.05, 0.1) is 24.3 Å². The molecule has 2 saturated heterocycles. The molecule has 28 heavy (non-hydrogen) atoms. The molecule has 0 saturated carbocycles. The van der Waals surface area contributed by atoms with Gasteiger partial charge in [0, 0.05) is 11.4 Å². The van der Waals surface area contributed by atoms with Crippen LogP contribution in [0.5, 0.6) is 0 Å². The zero-order valence-electron chi connectivity index (χ0n) is 14.9. The minimum Gasteiger partial charge on any atom is -0.453 e. The molecule has 2 fully saturated rings. The summed E-state index contributed by atoms with van der Waals surface area (Å²) in [5.74, 6) is -0.972. The summed E-state index contributed by atoms with van der Waals surface area (Å²) in [6.45, 7) is 0.345. The molecule has 4 atom stereocenters. The van der Waals surface area contributed by atoms with E-state index < -0.39 is 36.4 Å². The quantitative estimate of drug-likeness (QED) is 0.599. The number of hydrogen-bond acceptors (Lipinski definition) is 8. The lowest BCUT2D eigenvalue weighted by Gasteiger charge is -2.17. The summed E-state index contributed by atoms with van der Waals surface area (Å²) < 4.78 is 22.4. The largest absolute Gasteiger partial charge is 0.453 e. The summed E-state index contributed by atoms with van der Waals surface area (Å²) >= 11 is 0. The number of anilines is 2. The van der Waals surface area contributed by atoms with Crippen LogP contribution < -0.4 is 11.5 Å². The first-order valence-electron chi connectivity index (χ1n) is 8.87. The third-order valence-electron chi connectivity index (χ3n) is 4.77. The zero-order valence-corrected chi connectivity index (χ0v) is 14.9. The molecule has 2 aromatic carbocycles. The smallest absolute Gasteiger partial charge is 0.338 e. The lowest BCUT2D eigenvalue weighted by Crippen LogP contribution is -2.36. The van der Waals surface area contributed by atoms with E-state index in [-0.39, 0.29) is 13.2 Å². The van der Waals surface area contributed by atoms with Gasteiger partial charge in [0.15, 0.2) is 12.2 Å². The zero-order chi connectivity index (χ0) is 19.7. The number of carbonyl (C=O) groups excluding carboxylic acids is 2. The minimum absolute atomic E-state index is 0.173. The fraction of sp³-hybridized carbons (Fsp3) is 0.300. The lowest BCUT2D eigenvalue weighted by atomic mass is 10.1. The van der Waals surface area contributed by atoms with Gasteiger partial charge in [-0.2, -0.15) is 0 Å². The lowest BCUT2D eigenvalue weighted by molar-refractivity contribution is -0.0287. The maximum absolute atomic E-state index is 12.3. The molecule has 2 aliphatic rings. The van der Waals surface area contributed by atoms with Crippen LogP contribution in [0.4, 0.5) is 11.4 Å². The van der Waals surface area contributed by atoms with Crippen molar-refractivity contribution in [1.29, 1.82) is 0 Å². The van der Waals surface area contributed by atoms with Gasteiger partial charge in [-0.05, 0) is 48.5 Å². The molecule has 0 aliphatic carbocycles. The monoisotopic (exact) mass is 384 g/mol. The van der Waals surface area contributed by atoms with Crippen LogP contribution >= 0.6 is 0 Å². The summed E-state index contributed by atoms with van der Waals surface area (Å²) in [4.78, 5) is 24.6. The van der Waals surface area contributed by atoms with E-state index in [2.05, 4.69) is 0 Å². The van der Waals surface area contributed by atoms with Crippen molar-refractivity contribution in [3.8, 4) is 0 Å². The minimum atomic E-state index is -0.574. The second kappa shape index (κ2) is 7.49. The van der Waals surface area contributed by atoms with E-state index in [1.165, 1.54) is 0 Å². The van der Waals surface area contributed by atoms with Crippen LogP contribution in [-0.4, -0.2) is 49.6 Å². The Kier molecular flexibility index (Phi) is 4.89. The molecule has 8 heteroatoms. The normalized spacial score (nSPS) is 25.9. The van der Waals surface area contributed by atoms with E-state index in [0.29, 0.717) is 22.5 Å². The topological polar surface area (TPSA) is 123 Å². The highest BCUT2D eigenvalue weighted by Gasteiger charge is 2.51. The predicted octanol–water partition coefficient (Wildman–Crippen LogP) is 1.40. The van der Waals surface area contributed by atoms with Crippen molar-refractivity contribution in [3.63, 3.8) is 0 Å². The van der Waals surface area contributed by atoms with E-state index in [4.69, 9.17) is 30.4 Å². The van der Waals surface area contributed by atoms with E-state index >= 15 is 0 Å². The van der Waals surface area contributed by atoms with E-state index in [1.54, 1.807) is 48.5 Å². The van der Waals surface area contributed by atoms with Crippen molar-refractivity contribution in [2.75, 3.05) is 24.7 Å². The van der Waals surface area contributed by atoms with Gasteiger partial charge in [0.1, 0.15) is 12.2 Å². The van der Waals surface area contributed by atoms with Gasteiger partial charge in [0.25, 0.3) is 0 Å². The van der Waals surface area contributed by atoms with Gasteiger partial charge in [0.2, 0.25) is 0 Å². The highest BCUT2D eigenvalue weighted by atomic mass is 16.7. The molecule has 8 nitrogen and oxygen atoms in total. The number of carbonyl (C=O) groups is 2. The van der Waals surface area contributed by atoms with Crippen molar-refractivity contribution in [2.24, 2.45) is 0 Å². The van der Waals surface area contributed by atoms with E-state index in [9.17, 15) is 9.59 Å². The number of rotatable bonds is 4. The Bertz CT molecular complexity index is 794. The van der Waals surface area contributed by atoms with Crippen LogP contribution in [0, 0.1) is 0 Å². The van der Waals surface area contributed by atoms with Crippen molar-refractivity contribution in [2.45, 2.75) is 24.4 Å². The van der Waals surface area contributed by atoms with Crippen molar-refractivity contribution < 1.29 is 28.5 Å². The van der Waals surface area contributed by atoms with Gasteiger partial charge in [-0.3, -0.25) is 0 Å². The number of hydrogen-bond donors (Lipinski definition) is 2. The summed E-state index contributed by atoms with van der Waals surface area (Å²) in [5, 5.41) is 0. The molecule has 4 N–H and O–H groups in total. The molecular formula is C20H20N2O6. The van der Waals surface area contributed by atoms with Crippen LogP contribution in [0.2, 0.25) is 0 Å². The number of ether oxygens (including phenoxy) is 4. The highest BCUT2D eigenvalue weighted by Crippen LogP contribution is 2.31. The number of nitrogen functional groups attached to an aromatic ring is 2. The average Bonchev–Trinajstić information content (AvgIpc) is 3.26. The Morgan fingerprint density at radius 1 is 0.714 bits per heavy atom. The van der Waals surface area contributed by atoms with Crippen LogP contribution in [0.3, 0.4) is 0 Å². The molecule has 2 aromatic rings. The van der Waals surface area contributed by atoms with Crippen molar-refractivity contribution >= 4 is 23.3 Å². The summed E-state index contributed by atoms with van der Waals surface area (Å²) in [6.07, 6.45) is -2.12. The fourth-order valence-corrected chi connectivity index (χ4v) is 3.28. The molecule has 0 amide bonds. The van der Waals surface area contributed by atoms with Gasteiger partial charge < -0.3 is 30.4 Å². The molecule has 0 unspecified atom stereocenters. The van der Waals surface area contributed by atoms with Gasteiger partial charge in [-0.1, -0.05) is 0 Å². The van der Waals surface area contributed by atoms with Crippen LogP contribution in [0.15, 0.2) is 48.5 Å². The van der Waals surface area contributed by atoms with Crippen LogP contribution in [0.25, 0.3) is 0 Å². The number of fused-ring (bicyclic) bond motifs is 1. The standard InChI is InChI=1S/C20H20N2O6/c21-13-5-1-11(2-6-13)19(23)27-15-9-25-18-16(10-26-17(15)18)28-20(24)12-3-7-14(22)8-4-12/h1-8,15-18H,9-10,21-22H2/t15-,16+,17-,18-/m1/s1. The number of benzene rings is 2. The van der Waals surface area contributed by atoms with Crippen LogP contribution in [0.1, 0.15) is 20.7 Å². The third-order valence-corrected chi connectivity index (χ3v) is 4.77. The first-order valence-corrected chi connectivity index (χ1v) is 8.87. The Balaban J connectivity index is 1.36. The first-order chi connectivity index (χ1) is 13.5. The molecule has 0 bridgehead atoms. The molecular weight excluding hydrogens is 364 g/mol. The summed E-state index contributed by atoms with van der Waals surface area (Å²) in [6, 6.07) is 12.9. The summed E-state index contributed by atoms with van der Waals surface area (Å²) in [7, 11) is 0. The number of esters is 2. The molecule has 0 radical (unpaired) electrons. The SMILES string of the molecule is Nc1ccc(C(=O)O[C@H]2CO[C@H]3[C@@H]2OC[C@H]3OC(=O)c2ccc(N)cc2)cc1. The van der Waals surface area contributed by atoms with Crippen LogP contribution in [-0.2, 0) is 18.9 Å². The first kappa shape index (κ1) is 18.3. The Morgan fingerprint density at radius 2 is 1.07 bits per heavy atom. The van der Waals surface area contributed by atoms with Gasteiger partial charge in [-0.15, -0.1) is 0 Å². The Hall–Kier alpha value is -3.10. The molecule has 4 rings (SSSR count). The van der Waals surface area contributed by atoms with E-state index in [1.807, 2.05) is 0 Å². The molecule has 146 valence electrons. The molecule has 2 aliphatic heterocycles. The van der Waals surface area contributed by atoms with E-state index in [0.717, 1.165) is 0 Å². The maximum Gasteiger partial charge on any atom is 0.338 e. The fourth-order valence-electron chi connectivity index (χ4n) is 3.28. The predicted molar refractivity (Wildman–Crippen MR) is 99.6 cm³/mol. The third kappa shape index (κ3) is 3.64. The Morgan fingerprint density at radius 3 is 1.43 bits per heavy atom. The second-order valence-electron chi connectivity index (χ2n) is 6.73. The molecule has 0 spiro atoms. The van der Waals surface area contributed by atoms with Gasteiger partial charge >= 0.3 is 11.9 Å². The molecule has 2 heterocycles. The molecule has 0 aromatic heterocycles. The van der Waals surface area contributed by atoms with Crippen molar-refractivity contribution in [1.82, 2.24) is 0 Å². The Labute approximate surface area is 161 Å². The maximum atomic E-state index is 12.3. The average molecular weight is 384 g/mol. The number of nitrogens with two attached hydrogens (primary N) is 2. The van der Waals surface area contributed by atoms with Gasteiger partial charge in [-0.25, -0.2) is 9.59 Å². The van der Waals surface area contributed by atoms with Crippen molar-refractivity contribution in [3.05, 3.63) is 59.7 Å². The summed E-state index contributed by atoms with van der Waals surface area (Å²) in [5.41, 5.74) is 13.2. The second-order valence-corrected chi connectivity index (χ2v) is 6.73. The highest BCUT2D eigenvalue weighted by molar-refractivity contribution is 5.90.